The van der Waals surface area contributed by atoms with E-state index < -0.39 is 0 Å². The van der Waals surface area contributed by atoms with Crippen LogP contribution in [0.5, 0.6) is 0 Å². The molecule has 2 heteroatoms. The highest BCUT2D eigenvalue weighted by Gasteiger charge is 2.00. The largest absolute Gasteiger partial charge is 0.253 e. The Labute approximate surface area is 193 Å². The van der Waals surface area contributed by atoms with Gasteiger partial charge in [0.2, 0.25) is 0 Å². The average molecular weight is 425 g/mol. The summed E-state index contributed by atoms with van der Waals surface area (Å²) in [5, 5.41) is 2.48. The molecule has 4 rings (SSSR count). The van der Waals surface area contributed by atoms with Gasteiger partial charge in [0.05, 0.1) is 11.0 Å². The van der Waals surface area contributed by atoms with Crippen LogP contribution in [0.25, 0.3) is 21.8 Å². The molecule has 0 saturated carbocycles. The van der Waals surface area contributed by atoms with Crippen LogP contribution in [0.15, 0.2) is 72.8 Å². The molecular weight excluding hydrogens is 388 g/mol. The molecule has 0 unspecified atom stereocenters. The maximum Gasteiger partial charge on any atom is 0.0705 e. The second kappa shape index (κ2) is 12.3. The Kier molecular flexibility index (Phi) is 8.66. The van der Waals surface area contributed by atoms with Crippen LogP contribution in [-0.2, 0) is 12.8 Å². The number of unbranched alkanes of at least 4 members (excludes halogenated alkanes) is 9. The van der Waals surface area contributed by atoms with Crippen molar-refractivity contribution in [2.45, 2.75) is 77.0 Å². The Morgan fingerprint density at radius 1 is 0.375 bits per heavy atom. The molecule has 0 aliphatic carbocycles. The Hall–Kier alpha value is -2.74. The van der Waals surface area contributed by atoms with Crippen molar-refractivity contribution in [1.29, 1.82) is 0 Å². The van der Waals surface area contributed by atoms with Crippen LogP contribution >= 0.6 is 0 Å². The van der Waals surface area contributed by atoms with E-state index in [1.807, 2.05) is 0 Å². The maximum atomic E-state index is 4.79. The van der Waals surface area contributed by atoms with Crippen LogP contribution in [-0.4, -0.2) is 9.97 Å². The second-order valence-corrected chi connectivity index (χ2v) is 9.03. The lowest BCUT2D eigenvalue weighted by Gasteiger charge is -2.05. The van der Waals surface area contributed by atoms with Crippen LogP contribution in [0.4, 0.5) is 0 Å². The summed E-state index contributed by atoms with van der Waals surface area (Å²) in [4.78, 5) is 9.57. The molecular formula is C30H36N2. The van der Waals surface area contributed by atoms with E-state index in [4.69, 9.17) is 9.97 Å². The normalized spacial score (nSPS) is 11.4. The van der Waals surface area contributed by atoms with E-state index in [0.717, 1.165) is 23.9 Å². The van der Waals surface area contributed by atoms with Gasteiger partial charge in [-0.15, -0.1) is 0 Å². The van der Waals surface area contributed by atoms with Crippen molar-refractivity contribution in [3.8, 4) is 0 Å². The van der Waals surface area contributed by atoms with Gasteiger partial charge in [-0.2, -0.15) is 0 Å². The van der Waals surface area contributed by atoms with E-state index in [1.165, 1.54) is 86.4 Å². The number of hydrogen-bond acceptors (Lipinski definition) is 2. The van der Waals surface area contributed by atoms with Crippen molar-refractivity contribution < 1.29 is 0 Å². The van der Waals surface area contributed by atoms with Crippen LogP contribution in [0.1, 0.15) is 75.6 Å². The first-order valence-corrected chi connectivity index (χ1v) is 12.6. The number of hydrogen-bond donors (Lipinski definition) is 0. The minimum absolute atomic E-state index is 1.11. The summed E-state index contributed by atoms with van der Waals surface area (Å²) in [7, 11) is 0. The lowest BCUT2D eigenvalue weighted by atomic mass is 10.0. The van der Waals surface area contributed by atoms with E-state index in [-0.39, 0.29) is 0 Å². The Bertz CT molecular complexity index is 1010. The summed E-state index contributed by atoms with van der Waals surface area (Å²) < 4.78 is 0. The molecule has 0 bridgehead atoms. The first-order chi connectivity index (χ1) is 15.9. The molecule has 0 radical (unpaired) electrons. The molecule has 32 heavy (non-hydrogen) atoms. The lowest BCUT2D eigenvalue weighted by Crippen LogP contribution is -1.92. The monoisotopic (exact) mass is 424 g/mol. The lowest BCUT2D eigenvalue weighted by molar-refractivity contribution is 0.550. The SMILES string of the molecule is c1ccc2nc(CCCCCCCCCCCCc3ccc4ccccc4n3)ccc2c1. The zero-order chi connectivity index (χ0) is 21.8. The first-order valence-electron chi connectivity index (χ1n) is 12.6. The van der Waals surface area contributed by atoms with E-state index in [2.05, 4.69) is 72.8 Å². The van der Waals surface area contributed by atoms with Gasteiger partial charge in [-0.3, -0.25) is 9.97 Å². The molecule has 0 N–H and O–H groups in total. The van der Waals surface area contributed by atoms with Gasteiger partial charge in [-0.1, -0.05) is 99.9 Å². The second-order valence-electron chi connectivity index (χ2n) is 9.03. The third-order valence-corrected chi connectivity index (χ3v) is 6.43. The fourth-order valence-corrected chi connectivity index (χ4v) is 4.52. The summed E-state index contributed by atoms with van der Waals surface area (Å²) in [6.07, 6.45) is 15.7. The zero-order valence-corrected chi connectivity index (χ0v) is 19.3. The van der Waals surface area contributed by atoms with Gasteiger partial charge in [0.1, 0.15) is 0 Å². The third kappa shape index (κ3) is 6.88. The van der Waals surface area contributed by atoms with Crippen molar-refractivity contribution >= 4 is 21.8 Å². The van der Waals surface area contributed by atoms with Crippen molar-refractivity contribution in [2.24, 2.45) is 0 Å². The molecule has 0 atom stereocenters. The van der Waals surface area contributed by atoms with E-state index in [1.54, 1.807) is 0 Å². The van der Waals surface area contributed by atoms with Crippen LogP contribution < -0.4 is 0 Å². The highest BCUT2D eigenvalue weighted by molar-refractivity contribution is 5.79. The highest BCUT2D eigenvalue weighted by atomic mass is 14.7. The Balaban J connectivity index is 0.990. The van der Waals surface area contributed by atoms with Crippen LogP contribution in [0, 0.1) is 0 Å². The van der Waals surface area contributed by atoms with Crippen molar-refractivity contribution in [3.63, 3.8) is 0 Å². The highest BCUT2D eigenvalue weighted by Crippen LogP contribution is 2.16. The zero-order valence-electron chi connectivity index (χ0n) is 19.3. The summed E-state index contributed by atoms with van der Waals surface area (Å²) >= 11 is 0. The molecule has 166 valence electrons. The molecule has 2 nitrogen and oxygen atoms in total. The molecule has 0 aliphatic heterocycles. The molecule has 0 fully saturated rings. The van der Waals surface area contributed by atoms with Crippen molar-refractivity contribution in [3.05, 3.63) is 84.2 Å². The smallest absolute Gasteiger partial charge is 0.0705 e. The third-order valence-electron chi connectivity index (χ3n) is 6.43. The number of fused-ring (bicyclic) bond motifs is 2. The van der Waals surface area contributed by atoms with Crippen molar-refractivity contribution in [1.82, 2.24) is 9.97 Å². The van der Waals surface area contributed by atoms with Crippen LogP contribution in [0.3, 0.4) is 0 Å². The summed E-state index contributed by atoms with van der Waals surface area (Å²) in [6, 6.07) is 25.6. The van der Waals surface area contributed by atoms with Gasteiger partial charge in [-0.05, 0) is 49.9 Å². The number of pyridine rings is 2. The van der Waals surface area contributed by atoms with Gasteiger partial charge < -0.3 is 0 Å². The van der Waals surface area contributed by atoms with E-state index >= 15 is 0 Å². The van der Waals surface area contributed by atoms with Crippen LogP contribution in [0.2, 0.25) is 0 Å². The number of para-hydroxylation sites is 2. The van der Waals surface area contributed by atoms with Crippen molar-refractivity contribution in [2.75, 3.05) is 0 Å². The molecule has 0 aliphatic rings. The summed E-state index contributed by atoms with van der Waals surface area (Å²) in [5.74, 6) is 0. The van der Waals surface area contributed by atoms with Gasteiger partial charge in [0, 0.05) is 22.2 Å². The molecule has 0 spiro atoms. The van der Waals surface area contributed by atoms with Gasteiger partial charge in [-0.25, -0.2) is 0 Å². The molecule has 2 aromatic carbocycles. The maximum absolute atomic E-state index is 4.79. The quantitative estimate of drug-likeness (QED) is 0.201. The number of rotatable bonds is 13. The topological polar surface area (TPSA) is 25.8 Å². The summed E-state index contributed by atoms with van der Waals surface area (Å²) in [5.41, 5.74) is 4.72. The Morgan fingerprint density at radius 2 is 0.750 bits per heavy atom. The predicted octanol–water partition coefficient (Wildman–Crippen LogP) is 8.47. The van der Waals surface area contributed by atoms with Gasteiger partial charge in [0.25, 0.3) is 0 Å². The fourth-order valence-electron chi connectivity index (χ4n) is 4.52. The molecule has 0 saturated heterocycles. The predicted molar refractivity (Wildman–Crippen MR) is 137 cm³/mol. The molecule has 0 amide bonds. The Morgan fingerprint density at radius 3 is 1.19 bits per heavy atom. The number of benzene rings is 2. The van der Waals surface area contributed by atoms with E-state index in [0.29, 0.717) is 0 Å². The molecule has 2 aromatic heterocycles. The van der Waals surface area contributed by atoms with Gasteiger partial charge >= 0.3 is 0 Å². The average Bonchev–Trinajstić information content (AvgIpc) is 2.84. The standard InChI is InChI=1S/C30H36N2/c1(3-5-7-9-17-27-23-21-25-15-11-13-19-29(25)31-27)2-4-6-8-10-18-28-24-22-26-16-12-14-20-30(26)32-28/h11-16,19-24H,1-10,17-18H2. The first kappa shape index (κ1) is 22.5. The number of aryl methyl sites for hydroxylation is 2. The molecule has 4 aromatic rings. The van der Waals surface area contributed by atoms with E-state index in [9.17, 15) is 0 Å². The number of aromatic nitrogens is 2. The minimum Gasteiger partial charge on any atom is -0.253 e. The van der Waals surface area contributed by atoms with Gasteiger partial charge in [0.15, 0.2) is 0 Å². The summed E-state index contributed by atoms with van der Waals surface area (Å²) in [6.45, 7) is 0. The fraction of sp³-hybridized carbons (Fsp3) is 0.400. The minimum atomic E-state index is 1.11. The number of nitrogens with zero attached hydrogens (tertiary/aromatic N) is 2. The molecule has 2 heterocycles.